The first kappa shape index (κ1) is 14.3. The number of hydrogen-bond donors (Lipinski definition) is 2. The molecule has 2 aromatic rings. The van der Waals surface area contributed by atoms with Gasteiger partial charge >= 0.3 is 0 Å². The molecule has 1 atom stereocenters. The fourth-order valence-electron chi connectivity index (χ4n) is 1.95. The van der Waals surface area contributed by atoms with E-state index >= 15 is 0 Å². The number of hydrogen-bond acceptors (Lipinski definition) is 3. The van der Waals surface area contributed by atoms with E-state index in [4.69, 9.17) is 4.74 Å². The zero-order chi connectivity index (χ0) is 14.4. The molecule has 2 aromatic carbocycles. The lowest BCUT2D eigenvalue weighted by molar-refractivity contribution is 0.306. The Morgan fingerprint density at radius 3 is 2.65 bits per heavy atom. The summed E-state index contributed by atoms with van der Waals surface area (Å²) in [5.41, 5.74) is 0.672. The molecule has 4 heteroatoms. The number of ether oxygens (including phenoxy) is 1. The number of phenols is 1. The van der Waals surface area contributed by atoms with Crippen molar-refractivity contribution in [2.45, 2.75) is 13.0 Å². The van der Waals surface area contributed by atoms with E-state index in [1.54, 1.807) is 6.07 Å². The van der Waals surface area contributed by atoms with Gasteiger partial charge in [0.15, 0.2) is 0 Å². The van der Waals surface area contributed by atoms with Crippen LogP contribution >= 0.6 is 0 Å². The number of para-hydroxylation sites is 1. The number of benzene rings is 2. The zero-order valence-electron chi connectivity index (χ0n) is 11.3. The van der Waals surface area contributed by atoms with Gasteiger partial charge in [0.2, 0.25) is 0 Å². The highest BCUT2D eigenvalue weighted by Crippen LogP contribution is 2.24. The van der Waals surface area contributed by atoms with Crippen LogP contribution in [0.4, 0.5) is 4.39 Å². The van der Waals surface area contributed by atoms with Gasteiger partial charge < -0.3 is 15.2 Å². The smallest absolute Gasteiger partial charge is 0.126 e. The second-order valence-electron chi connectivity index (χ2n) is 4.54. The van der Waals surface area contributed by atoms with Gasteiger partial charge in [-0.2, -0.15) is 0 Å². The molecule has 0 saturated heterocycles. The summed E-state index contributed by atoms with van der Waals surface area (Å²) < 4.78 is 18.5. The highest BCUT2D eigenvalue weighted by molar-refractivity contribution is 5.34. The molecule has 0 fully saturated rings. The summed E-state index contributed by atoms with van der Waals surface area (Å²) in [6.45, 7) is 3.07. The Hall–Kier alpha value is -2.07. The number of nitrogens with one attached hydrogen (secondary N) is 1. The maximum Gasteiger partial charge on any atom is 0.126 e. The largest absolute Gasteiger partial charge is 0.508 e. The van der Waals surface area contributed by atoms with Crippen LogP contribution in [0.25, 0.3) is 0 Å². The molecule has 0 spiro atoms. The van der Waals surface area contributed by atoms with Crippen molar-refractivity contribution < 1.29 is 14.2 Å². The normalized spacial score (nSPS) is 12.1. The quantitative estimate of drug-likeness (QED) is 0.795. The van der Waals surface area contributed by atoms with Crippen LogP contribution < -0.4 is 10.1 Å². The molecule has 0 radical (unpaired) electrons. The lowest BCUT2D eigenvalue weighted by Gasteiger charge is -2.16. The molecule has 0 aromatic heterocycles. The zero-order valence-corrected chi connectivity index (χ0v) is 11.3. The van der Waals surface area contributed by atoms with E-state index in [-0.39, 0.29) is 11.8 Å². The predicted molar refractivity (Wildman–Crippen MR) is 76.4 cm³/mol. The molecule has 2 N–H and O–H groups in total. The first-order chi connectivity index (χ1) is 9.66. The Morgan fingerprint density at radius 2 is 1.95 bits per heavy atom. The highest BCUT2D eigenvalue weighted by Gasteiger charge is 2.10. The number of aromatic hydroxyl groups is 1. The number of halogens is 1. The molecule has 0 bridgehead atoms. The summed E-state index contributed by atoms with van der Waals surface area (Å²) in [7, 11) is 0. The van der Waals surface area contributed by atoms with E-state index in [0.717, 1.165) is 11.8 Å². The number of rotatable bonds is 6. The van der Waals surface area contributed by atoms with Crippen LogP contribution in [0.5, 0.6) is 11.5 Å². The minimum absolute atomic E-state index is 0.0334. The van der Waals surface area contributed by atoms with E-state index in [1.807, 2.05) is 37.3 Å². The molecule has 0 aliphatic rings. The van der Waals surface area contributed by atoms with Gasteiger partial charge in [-0.1, -0.05) is 24.3 Å². The molecule has 3 nitrogen and oxygen atoms in total. The van der Waals surface area contributed by atoms with Gasteiger partial charge in [-0.15, -0.1) is 0 Å². The van der Waals surface area contributed by atoms with E-state index < -0.39 is 5.82 Å². The van der Waals surface area contributed by atoms with Crippen molar-refractivity contribution in [3.63, 3.8) is 0 Å². The van der Waals surface area contributed by atoms with Crippen LogP contribution in [0, 0.1) is 5.82 Å². The molecule has 106 valence electrons. The van der Waals surface area contributed by atoms with Crippen LogP contribution in [0.1, 0.15) is 18.5 Å². The Bertz CT molecular complexity index is 545. The molecule has 0 heterocycles. The van der Waals surface area contributed by atoms with Gasteiger partial charge in [-0.05, 0) is 25.1 Å². The van der Waals surface area contributed by atoms with Gasteiger partial charge in [0.25, 0.3) is 0 Å². The van der Waals surface area contributed by atoms with Crippen LogP contribution in [0.2, 0.25) is 0 Å². The van der Waals surface area contributed by atoms with Crippen LogP contribution in [0.3, 0.4) is 0 Å². The predicted octanol–water partition coefficient (Wildman–Crippen LogP) is 3.26. The van der Waals surface area contributed by atoms with E-state index in [9.17, 15) is 9.50 Å². The third kappa shape index (κ3) is 3.96. The van der Waals surface area contributed by atoms with Crippen LogP contribution in [0.15, 0.2) is 48.5 Å². The van der Waals surface area contributed by atoms with Crippen molar-refractivity contribution in [2.24, 2.45) is 0 Å². The Kier molecular flexibility index (Phi) is 4.96. The summed E-state index contributed by atoms with van der Waals surface area (Å²) in [6, 6.07) is 13.5. The standard InChI is InChI=1S/C16H18FNO2/c1-12(15-8-7-13(17)11-16(15)19)18-9-10-20-14-5-3-2-4-6-14/h2-8,11-12,18-19H,9-10H2,1H3. The summed E-state index contributed by atoms with van der Waals surface area (Å²) in [5.74, 6) is 0.353. The minimum atomic E-state index is -0.439. The van der Waals surface area contributed by atoms with Crippen LogP contribution in [-0.2, 0) is 0 Å². The summed E-state index contributed by atoms with van der Waals surface area (Å²) in [6.07, 6.45) is 0. The topological polar surface area (TPSA) is 41.5 Å². The SMILES string of the molecule is CC(NCCOc1ccccc1)c1ccc(F)cc1O. The second-order valence-corrected chi connectivity index (χ2v) is 4.54. The molecule has 0 aliphatic carbocycles. The molecule has 0 saturated carbocycles. The minimum Gasteiger partial charge on any atom is -0.508 e. The summed E-state index contributed by atoms with van der Waals surface area (Å²) >= 11 is 0. The highest BCUT2D eigenvalue weighted by atomic mass is 19.1. The van der Waals surface area contributed by atoms with Crippen molar-refractivity contribution in [1.29, 1.82) is 0 Å². The summed E-state index contributed by atoms with van der Waals surface area (Å²) in [5, 5.41) is 12.9. The molecular weight excluding hydrogens is 257 g/mol. The Labute approximate surface area is 118 Å². The Balaban J connectivity index is 1.79. The molecule has 20 heavy (non-hydrogen) atoms. The van der Waals surface area contributed by atoms with E-state index in [2.05, 4.69) is 5.32 Å². The van der Waals surface area contributed by atoms with Gasteiger partial charge in [0.1, 0.15) is 23.9 Å². The average Bonchev–Trinajstić information content (AvgIpc) is 2.44. The molecule has 0 aliphatic heterocycles. The maximum absolute atomic E-state index is 12.9. The van der Waals surface area contributed by atoms with Crippen molar-refractivity contribution in [1.82, 2.24) is 5.32 Å². The third-order valence-corrected chi connectivity index (χ3v) is 3.02. The molecular formula is C16H18FNO2. The van der Waals surface area contributed by atoms with Gasteiger partial charge in [0.05, 0.1) is 0 Å². The third-order valence-electron chi connectivity index (χ3n) is 3.02. The fraction of sp³-hybridized carbons (Fsp3) is 0.250. The lowest BCUT2D eigenvalue weighted by atomic mass is 10.1. The van der Waals surface area contributed by atoms with Crippen LogP contribution in [-0.4, -0.2) is 18.3 Å². The first-order valence-corrected chi connectivity index (χ1v) is 6.56. The monoisotopic (exact) mass is 275 g/mol. The fourth-order valence-corrected chi connectivity index (χ4v) is 1.95. The van der Waals surface area contributed by atoms with Gasteiger partial charge in [-0.3, -0.25) is 0 Å². The average molecular weight is 275 g/mol. The van der Waals surface area contributed by atoms with Gasteiger partial charge in [-0.25, -0.2) is 4.39 Å². The van der Waals surface area contributed by atoms with Crippen molar-refractivity contribution >= 4 is 0 Å². The van der Waals surface area contributed by atoms with Crippen molar-refractivity contribution in [3.05, 3.63) is 59.9 Å². The van der Waals surface area contributed by atoms with E-state index in [0.29, 0.717) is 18.7 Å². The van der Waals surface area contributed by atoms with Gasteiger partial charge in [0, 0.05) is 24.2 Å². The van der Waals surface area contributed by atoms with Crippen molar-refractivity contribution in [3.8, 4) is 11.5 Å². The number of phenolic OH excluding ortho intramolecular Hbond substituents is 1. The molecule has 0 amide bonds. The maximum atomic E-state index is 12.9. The van der Waals surface area contributed by atoms with Crippen molar-refractivity contribution in [2.75, 3.05) is 13.2 Å². The Morgan fingerprint density at radius 1 is 1.20 bits per heavy atom. The lowest BCUT2D eigenvalue weighted by Crippen LogP contribution is -2.24. The summed E-state index contributed by atoms with van der Waals surface area (Å²) in [4.78, 5) is 0. The molecule has 1 unspecified atom stereocenters. The van der Waals surface area contributed by atoms with E-state index in [1.165, 1.54) is 6.07 Å². The second kappa shape index (κ2) is 6.91. The first-order valence-electron chi connectivity index (χ1n) is 6.56. The molecule has 2 rings (SSSR count).